The first kappa shape index (κ1) is 25.0. The van der Waals surface area contributed by atoms with Crippen LogP contribution >= 0.6 is 0 Å². The molecule has 1 aliphatic rings. The molecule has 0 amide bonds. The molecule has 0 radical (unpaired) electrons. The summed E-state index contributed by atoms with van der Waals surface area (Å²) >= 11 is 0. The molecule has 0 N–H and O–H groups in total. The Morgan fingerprint density at radius 1 is 0.514 bits per heavy atom. The first-order chi connectivity index (χ1) is 16.9. The van der Waals surface area contributed by atoms with Gasteiger partial charge in [-0.3, -0.25) is 0 Å². The van der Waals surface area contributed by atoms with Gasteiger partial charge in [0.1, 0.15) is 0 Å². The summed E-state index contributed by atoms with van der Waals surface area (Å²) in [6.07, 6.45) is 6.52. The fraction of sp³-hybridized carbons (Fsp3) is 0.207. The van der Waals surface area contributed by atoms with Crippen LogP contribution in [0.15, 0.2) is 103 Å². The van der Waals surface area contributed by atoms with E-state index in [2.05, 4.69) is 108 Å². The predicted octanol–water partition coefficient (Wildman–Crippen LogP) is 2.72. The highest BCUT2D eigenvalue weighted by Gasteiger charge is 2.31. The van der Waals surface area contributed by atoms with Crippen LogP contribution in [0.3, 0.4) is 0 Å². The lowest BCUT2D eigenvalue weighted by molar-refractivity contribution is -2.00. The van der Waals surface area contributed by atoms with Crippen molar-refractivity contribution in [2.75, 3.05) is 0 Å². The average molecular weight is 490 g/mol. The second-order valence-corrected chi connectivity index (χ2v) is 9.41. The van der Waals surface area contributed by atoms with E-state index in [1.165, 1.54) is 65.7 Å². The van der Waals surface area contributed by atoms with Crippen molar-refractivity contribution >= 4 is 0 Å². The molecule has 35 heavy (non-hydrogen) atoms. The third kappa shape index (κ3) is 6.98. The Labute approximate surface area is 208 Å². The minimum Gasteiger partial charge on any atom is -0.222 e. The van der Waals surface area contributed by atoms with Crippen LogP contribution in [0.5, 0.6) is 0 Å². The van der Waals surface area contributed by atoms with Crippen molar-refractivity contribution < 1.29 is 33.4 Å². The summed E-state index contributed by atoms with van der Waals surface area (Å²) in [5.74, 6) is 0. The third-order valence-corrected chi connectivity index (χ3v) is 6.29. The number of pyridine rings is 1. The highest BCUT2D eigenvalue weighted by molar-refractivity contribution is 5.73. The zero-order chi connectivity index (χ0) is 24.7. The summed E-state index contributed by atoms with van der Waals surface area (Å²) in [6, 6.07) is 37.9. The van der Waals surface area contributed by atoms with Crippen LogP contribution in [0.4, 0.5) is 0 Å². The van der Waals surface area contributed by atoms with Crippen LogP contribution in [-0.4, -0.2) is 0 Å². The van der Waals surface area contributed by atoms with Gasteiger partial charge in [-0.15, -0.1) is 10.2 Å². The number of hydrogen-bond acceptors (Lipinski definition) is 4. The molecule has 0 atom stereocenters. The predicted molar refractivity (Wildman–Crippen MR) is 125 cm³/mol. The van der Waals surface area contributed by atoms with Gasteiger partial charge in [-0.25, -0.2) is 18.6 Å². The van der Waals surface area contributed by atoms with Gasteiger partial charge in [-0.2, -0.15) is 4.57 Å². The van der Waals surface area contributed by atoms with Gasteiger partial charge in [0.25, 0.3) is 0 Å². The van der Waals surface area contributed by atoms with E-state index < -0.39 is 10.2 Å². The van der Waals surface area contributed by atoms with E-state index in [-0.39, 0.29) is 0 Å². The van der Waals surface area contributed by atoms with Gasteiger partial charge >= 0.3 is 0 Å². The molecular formula is C29H28ClNO4. The zero-order valence-corrected chi connectivity index (χ0v) is 20.1. The van der Waals surface area contributed by atoms with E-state index in [0.29, 0.717) is 6.04 Å². The standard InChI is InChI=1S/C29H28N.ClHO4/c1-5-13-23(14-6-1)26-21-28(24-15-7-2-8-16-24)30(27-19-11-4-12-20-27)29(22-26)25-17-9-3-10-18-25;2-1(3,4)5/h1-3,5-10,13-18,21-22,27H,4,11-12,19-20H2;(H,2,3,4,5)/q+1;/p-1. The lowest BCUT2D eigenvalue weighted by atomic mass is 9.92. The number of aromatic nitrogens is 1. The second kappa shape index (κ2) is 11.6. The van der Waals surface area contributed by atoms with Gasteiger partial charge in [0.05, 0.1) is 0 Å². The summed E-state index contributed by atoms with van der Waals surface area (Å²) < 4.78 is 36.6. The van der Waals surface area contributed by atoms with E-state index in [1.54, 1.807) is 0 Å². The fourth-order valence-electron chi connectivity index (χ4n) is 4.80. The molecule has 1 heterocycles. The smallest absolute Gasteiger partial charge is 0.213 e. The number of halogens is 1. The highest BCUT2D eigenvalue weighted by atomic mass is 35.7. The largest absolute Gasteiger partial charge is 0.222 e. The summed E-state index contributed by atoms with van der Waals surface area (Å²) in [4.78, 5) is 0. The maximum absolute atomic E-state index is 8.49. The van der Waals surface area contributed by atoms with Gasteiger partial charge < -0.3 is 0 Å². The third-order valence-electron chi connectivity index (χ3n) is 6.29. The van der Waals surface area contributed by atoms with Crippen molar-refractivity contribution in [2.24, 2.45) is 0 Å². The van der Waals surface area contributed by atoms with Crippen molar-refractivity contribution in [1.82, 2.24) is 0 Å². The molecule has 1 aliphatic carbocycles. The van der Waals surface area contributed by atoms with Crippen molar-refractivity contribution in [2.45, 2.75) is 38.1 Å². The average Bonchev–Trinajstić information content (AvgIpc) is 2.89. The Hall–Kier alpha value is -3.06. The molecule has 5 nitrogen and oxygen atoms in total. The van der Waals surface area contributed by atoms with Crippen LogP contribution in [-0.2, 0) is 0 Å². The molecule has 0 saturated heterocycles. The molecule has 180 valence electrons. The van der Waals surface area contributed by atoms with E-state index in [9.17, 15) is 0 Å². The topological polar surface area (TPSA) is 96.1 Å². The van der Waals surface area contributed by atoms with Gasteiger partial charge in [0, 0.05) is 36.1 Å². The van der Waals surface area contributed by atoms with Gasteiger partial charge in [-0.05, 0) is 48.2 Å². The van der Waals surface area contributed by atoms with Crippen LogP contribution < -0.4 is 23.2 Å². The molecular weight excluding hydrogens is 462 g/mol. The molecule has 6 heteroatoms. The van der Waals surface area contributed by atoms with Crippen molar-refractivity contribution in [1.29, 1.82) is 0 Å². The zero-order valence-electron chi connectivity index (χ0n) is 19.4. The molecule has 1 saturated carbocycles. The van der Waals surface area contributed by atoms with E-state index in [0.717, 1.165) is 0 Å². The Balaban J connectivity index is 0.000000527. The van der Waals surface area contributed by atoms with Crippen LogP contribution in [0.2, 0.25) is 0 Å². The first-order valence-electron chi connectivity index (χ1n) is 11.8. The molecule has 0 unspecified atom stereocenters. The normalized spacial score (nSPS) is 14.2. The lowest BCUT2D eigenvalue weighted by Crippen LogP contribution is -2.68. The summed E-state index contributed by atoms with van der Waals surface area (Å²) in [7, 11) is -4.94. The van der Waals surface area contributed by atoms with Gasteiger partial charge in [0.15, 0.2) is 6.04 Å². The van der Waals surface area contributed by atoms with Crippen LogP contribution in [0.25, 0.3) is 33.6 Å². The molecule has 1 aromatic heterocycles. The number of benzene rings is 3. The monoisotopic (exact) mass is 489 g/mol. The maximum atomic E-state index is 8.49. The summed E-state index contributed by atoms with van der Waals surface area (Å²) in [5.41, 5.74) is 7.77. The SMILES string of the molecule is [O-][Cl+3]([O-])([O-])[O-].c1ccc(-c2cc(-c3ccccc3)[n+](C3CCCCC3)c(-c3ccccc3)c2)cc1. The number of nitrogens with zero attached hydrogens (tertiary/aromatic N) is 1. The molecule has 3 aromatic carbocycles. The minimum absolute atomic E-state index is 0.550. The molecule has 4 aromatic rings. The van der Waals surface area contributed by atoms with Crippen LogP contribution in [0.1, 0.15) is 38.1 Å². The second-order valence-electron chi connectivity index (χ2n) is 8.65. The van der Waals surface area contributed by atoms with Gasteiger partial charge in [-0.1, -0.05) is 73.2 Å². The Morgan fingerprint density at radius 2 is 0.886 bits per heavy atom. The Bertz CT molecular complexity index is 1140. The van der Waals surface area contributed by atoms with E-state index in [1.807, 2.05) is 0 Å². The van der Waals surface area contributed by atoms with Crippen molar-refractivity contribution in [3.05, 3.63) is 103 Å². The molecule has 5 rings (SSSR count). The Kier molecular flexibility index (Phi) is 8.29. The number of rotatable bonds is 4. The van der Waals surface area contributed by atoms with Crippen molar-refractivity contribution in [3.8, 4) is 33.6 Å². The molecule has 0 aliphatic heterocycles. The van der Waals surface area contributed by atoms with E-state index in [4.69, 9.17) is 18.6 Å². The first-order valence-corrected chi connectivity index (χ1v) is 13.0. The van der Waals surface area contributed by atoms with Crippen LogP contribution in [0, 0.1) is 10.2 Å². The molecule has 1 fully saturated rings. The van der Waals surface area contributed by atoms with Crippen molar-refractivity contribution in [3.63, 3.8) is 0 Å². The quantitative estimate of drug-likeness (QED) is 0.412. The van der Waals surface area contributed by atoms with E-state index >= 15 is 0 Å². The van der Waals surface area contributed by atoms with Gasteiger partial charge in [0.2, 0.25) is 11.4 Å². The Morgan fingerprint density at radius 3 is 1.29 bits per heavy atom. The number of hydrogen-bond donors (Lipinski definition) is 0. The minimum atomic E-state index is -4.94. The maximum Gasteiger partial charge on any atom is 0.213 e. The summed E-state index contributed by atoms with van der Waals surface area (Å²) in [5, 5.41) is 0. The summed E-state index contributed by atoms with van der Waals surface area (Å²) in [6.45, 7) is 0. The molecule has 0 spiro atoms. The highest BCUT2D eigenvalue weighted by Crippen LogP contribution is 2.33. The molecule has 0 bridgehead atoms. The fourth-order valence-corrected chi connectivity index (χ4v) is 4.80. The lowest BCUT2D eigenvalue weighted by Gasteiger charge is -2.22.